The minimum atomic E-state index is -0.139. The first-order chi connectivity index (χ1) is 8.72. The molecule has 0 bridgehead atoms. The fraction of sp³-hybridized carbons (Fsp3) is 0.333. The third kappa shape index (κ3) is 2.98. The van der Waals surface area contributed by atoms with Gasteiger partial charge in [0.2, 0.25) is 0 Å². The van der Waals surface area contributed by atoms with Gasteiger partial charge in [-0.25, -0.2) is 4.39 Å². The van der Waals surface area contributed by atoms with E-state index in [-0.39, 0.29) is 5.82 Å². The fourth-order valence-electron chi connectivity index (χ4n) is 1.91. The molecule has 18 heavy (non-hydrogen) atoms. The molecule has 0 aliphatic carbocycles. The third-order valence-corrected chi connectivity index (χ3v) is 3.94. The van der Waals surface area contributed by atoms with Gasteiger partial charge in [0.15, 0.2) is 0 Å². The van der Waals surface area contributed by atoms with Crippen molar-refractivity contribution in [1.29, 1.82) is 0 Å². The van der Waals surface area contributed by atoms with Crippen LogP contribution in [0.5, 0.6) is 0 Å². The number of benzene rings is 1. The van der Waals surface area contributed by atoms with Crippen molar-refractivity contribution in [2.24, 2.45) is 0 Å². The van der Waals surface area contributed by atoms with Crippen LogP contribution in [0.15, 0.2) is 29.6 Å². The molecule has 96 valence electrons. The second kappa shape index (κ2) is 6.12. The highest BCUT2D eigenvalue weighted by Crippen LogP contribution is 2.31. The Morgan fingerprint density at radius 3 is 2.78 bits per heavy atom. The van der Waals surface area contributed by atoms with Crippen molar-refractivity contribution in [1.82, 2.24) is 5.32 Å². The number of hydrogen-bond acceptors (Lipinski definition) is 2. The van der Waals surface area contributed by atoms with Gasteiger partial charge >= 0.3 is 0 Å². The lowest BCUT2D eigenvalue weighted by atomic mass is 10.1. The number of rotatable bonds is 5. The summed E-state index contributed by atoms with van der Waals surface area (Å²) >= 11 is 1.59. The van der Waals surface area contributed by atoms with Crippen LogP contribution >= 0.6 is 11.3 Å². The molecule has 1 nitrogen and oxygen atoms in total. The Bertz CT molecular complexity index is 519. The van der Waals surface area contributed by atoms with Gasteiger partial charge in [-0.2, -0.15) is 0 Å². The molecule has 0 aliphatic rings. The Balaban J connectivity index is 2.25. The topological polar surface area (TPSA) is 12.0 Å². The number of thiophene rings is 1. The van der Waals surface area contributed by atoms with Gasteiger partial charge in [0.05, 0.1) is 0 Å². The van der Waals surface area contributed by atoms with Crippen LogP contribution in [-0.4, -0.2) is 6.54 Å². The van der Waals surface area contributed by atoms with E-state index >= 15 is 0 Å². The summed E-state index contributed by atoms with van der Waals surface area (Å²) in [6.45, 7) is 5.95. The minimum absolute atomic E-state index is 0.139. The van der Waals surface area contributed by atoms with Gasteiger partial charge < -0.3 is 5.32 Å². The number of aryl methyl sites for hydroxylation is 1. The average Bonchev–Trinajstić information content (AvgIpc) is 2.78. The molecule has 0 aliphatic heterocycles. The quantitative estimate of drug-likeness (QED) is 0.790. The van der Waals surface area contributed by atoms with Crippen LogP contribution in [-0.2, 0) is 6.54 Å². The molecule has 0 unspecified atom stereocenters. The Hall–Kier alpha value is -1.19. The molecule has 1 heterocycles. The Morgan fingerprint density at radius 2 is 2.11 bits per heavy atom. The van der Waals surface area contributed by atoms with E-state index in [0.717, 1.165) is 41.1 Å². The zero-order valence-electron chi connectivity index (χ0n) is 10.8. The Morgan fingerprint density at radius 1 is 1.28 bits per heavy atom. The lowest BCUT2D eigenvalue weighted by Crippen LogP contribution is -2.13. The molecule has 0 fully saturated rings. The summed E-state index contributed by atoms with van der Waals surface area (Å²) in [7, 11) is 0. The SMILES string of the molecule is CCCNCc1ccc(F)c(-c2sccc2C)c1. The number of halogens is 1. The van der Waals surface area contributed by atoms with E-state index in [1.807, 2.05) is 30.5 Å². The lowest BCUT2D eigenvalue weighted by Gasteiger charge is -2.07. The Labute approximate surface area is 112 Å². The highest BCUT2D eigenvalue weighted by Gasteiger charge is 2.09. The molecule has 0 amide bonds. The van der Waals surface area contributed by atoms with E-state index in [1.54, 1.807) is 17.4 Å². The van der Waals surface area contributed by atoms with E-state index < -0.39 is 0 Å². The second-order valence-electron chi connectivity index (χ2n) is 4.42. The van der Waals surface area contributed by atoms with E-state index in [1.165, 1.54) is 0 Å². The van der Waals surface area contributed by atoms with Crippen molar-refractivity contribution >= 4 is 11.3 Å². The molecule has 1 aromatic carbocycles. The zero-order chi connectivity index (χ0) is 13.0. The largest absolute Gasteiger partial charge is 0.313 e. The van der Waals surface area contributed by atoms with Crippen LogP contribution in [0.25, 0.3) is 10.4 Å². The van der Waals surface area contributed by atoms with Crippen molar-refractivity contribution in [3.8, 4) is 10.4 Å². The summed E-state index contributed by atoms with van der Waals surface area (Å²) < 4.78 is 13.9. The van der Waals surface area contributed by atoms with Gasteiger partial charge in [-0.1, -0.05) is 13.0 Å². The van der Waals surface area contributed by atoms with E-state index in [4.69, 9.17) is 0 Å². The molecule has 0 saturated carbocycles. The molecule has 0 atom stereocenters. The van der Waals surface area contributed by atoms with Crippen LogP contribution in [0.2, 0.25) is 0 Å². The van der Waals surface area contributed by atoms with Gasteiger partial charge in [0.25, 0.3) is 0 Å². The van der Waals surface area contributed by atoms with Crippen molar-refractivity contribution in [2.45, 2.75) is 26.8 Å². The normalized spacial score (nSPS) is 10.8. The van der Waals surface area contributed by atoms with E-state index in [0.29, 0.717) is 0 Å². The summed E-state index contributed by atoms with van der Waals surface area (Å²) in [5, 5.41) is 5.34. The van der Waals surface area contributed by atoms with Gasteiger partial charge in [-0.3, -0.25) is 0 Å². The van der Waals surface area contributed by atoms with Crippen molar-refractivity contribution in [3.05, 3.63) is 46.6 Å². The minimum Gasteiger partial charge on any atom is -0.313 e. The second-order valence-corrected chi connectivity index (χ2v) is 5.34. The highest BCUT2D eigenvalue weighted by molar-refractivity contribution is 7.13. The van der Waals surface area contributed by atoms with E-state index in [2.05, 4.69) is 12.2 Å². The van der Waals surface area contributed by atoms with Crippen LogP contribution in [0, 0.1) is 12.7 Å². The van der Waals surface area contributed by atoms with Crippen molar-refractivity contribution in [3.63, 3.8) is 0 Å². The molecular weight excluding hydrogens is 245 g/mol. The Kier molecular flexibility index (Phi) is 4.50. The molecule has 3 heteroatoms. The molecule has 1 N–H and O–H groups in total. The predicted molar refractivity (Wildman–Crippen MR) is 76.4 cm³/mol. The third-order valence-electron chi connectivity index (χ3n) is 2.89. The predicted octanol–water partition coefficient (Wildman–Crippen LogP) is 4.36. The number of nitrogens with one attached hydrogen (secondary N) is 1. The summed E-state index contributed by atoms with van der Waals surface area (Å²) in [6, 6.07) is 7.40. The first kappa shape index (κ1) is 13.2. The van der Waals surface area contributed by atoms with Crippen LogP contribution in [0.4, 0.5) is 4.39 Å². The van der Waals surface area contributed by atoms with Crippen LogP contribution in [0.3, 0.4) is 0 Å². The van der Waals surface area contributed by atoms with Gasteiger partial charge in [-0.15, -0.1) is 11.3 Å². The standard InChI is InChI=1S/C15H18FNS/c1-3-7-17-10-12-4-5-14(16)13(9-12)15-11(2)6-8-18-15/h4-6,8-9,17H,3,7,10H2,1-2H3. The first-order valence-electron chi connectivity index (χ1n) is 6.26. The smallest absolute Gasteiger partial charge is 0.131 e. The average molecular weight is 263 g/mol. The summed E-state index contributed by atoms with van der Waals surface area (Å²) in [6.07, 6.45) is 1.11. The maximum Gasteiger partial charge on any atom is 0.131 e. The molecule has 0 spiro atoms. The molecule has 2 aromatic rings. The summed E-state index contributed by atoms with van der Waals surface area (Å²) in [4.78, 5) is 1.03. The van der Waals surface area contributed by atoms with Gasteiger partial charge in [0.1, 0.15) is 5.82 Å². The van der Waals surface area contributed by atoms with Gasteiger partial charge in [0, 0.05) is 17.0 Å². The fourth-order valence-corrected chi connectivity index (χ4v) is 2.86. The maximum absolute atomic E-state index is 13.9. The summed E-state index contributed by atoms with van der Waals surface area (Å²) in [5.74, 6) is -0.139. The highest BCUT2D eigenvalue weighted by atomic mass is 32.1. The molecule has 0 radical (unpaired) electrons. The van der Waals surface area contributed by atoms with Gasteiger partial charge in [-0.05, 0) is 54.6 Å². The monoisotopic (exact) mass is 263 g/mol. The lowest BCUT2D eigenvalue weighted by molar-refractivity contribution is 0.628. The van der Waals surface area contributed by atoms with Crippen molar-refractivity contribution in [2.75, 3.05) is 6.54 Å². The van der Waals surface area contributed by atoms with Crippen LogP contribution in [0.1, 0.15) is 24.5 Å². The molecule has 2 rings (SSSR count). The maximum atomic E-state index is 13.9. The number of hydrogen-bond donors (Lipinski definition) is 1. The van der Waals surface area contributed by atoms with Crippen LogP contribution < -0.4 is 5.32 Å². The molecule has 0 saturated heterocycles. The van der Waals surface area contributed by atoms with Crippen molar-refractivity contribution < 1.29 is 4.39 Å². The summed E-state index contributed by atoms with van der Waals surface area (Å²) in [5.41, 5.74) is 2.99. The zero-order valence-corrected chi connectivity index (χ0v) is 11.6. The molecule has 1 aromatic heterocycles. The molecular formula is C15H18FNS. The van der Waals surface area contributed by atoms with E-state index in [9.17, 15) is 4.39 Å². The first-order valence-corrected chi connectivity index (χ1v) is 7.14.